The summed E-state index contributed by atoms with van der Waals surface area (Å²) in [6.45, 7) is 4.30. The lowest BCUT2D eigenvalue weighted by molar-refractivity contribution is 0.525. The van der Waals surface area contributed by atoms with Gasteiger partial charge in [-0.25, -0.2) is 0 Å². The van der Waals surface area contributed by atoms with Gasteiger partial charge in [-0.3, -0.25) is 11.3 Å². The monoisotopic (exact) mass is 260 g/mol. The zero-order chi connectivity index (χ0) is 13.0. The van der Waals surface area contributed by atoms with E-state index in [2.05, 4.69) is 55.0 Å². The quantitative estimate of drug-likeness (QED) is 0.640. The average Bonchev–Trinajstić information content (AvgIpc) is 2.86. The van der Waals surface area contributed by atoms with Crippen molar-refractivity contribution in [3.05, 3.63) is 57.3 Å². The SMILES string of the molecule is Cc1ccc(CC(Cc2cccs2)NN)cc1C. The molecule has 1 aromatic heterocycles. The molecule has 96 valence electrons. The van der Waals surface area contributed by atoms with Gasteiger partial charge >= 0.3 is 0 Å². The molecule has 0 bridgehead atoms. The van der Waals surface area contributed by atoms with Crippen molar-refractivity contribution in [3.63, 3.8) is 0 Å². The predicted molar refractivity (Wildman–Crippen MR) is 78.8 cm³/mol. The molecule has 1 heterocycles. The van der Waals surface area contributed by atoms with E-state index in [1.807, 2.05) is 0 Å². The Morgan fingerprint density at radius 3 is 2.61 bits per heavy atom. The minimum Gasteiger partial charge on any atom is -0.271 e. The Morgan fingerprint density at radius 2 is 2.00 bits per heavy atom. The van der Waals surface area contributed by atoms with Gasteiger partial charge in [0.15, 0.2) is 0 Å². The van der Waals surface area contributed by atoms with Gasteiger partial charge in [-0.15, -0.1) is 11.3 Å². The topological polar surface area (TPSA) is 38.0 Å². The highest BCUT2D eigenvalue weighted by atomic mass is 32.1. The lowest BCUT2D eigenvalue weighted by Gasteiger charge is -2.15. The van der Waals surface area contributed by atoms with Crippen LogP contribution < -0.4 is 11.3 Å². The van der Waals surface area contributed by atoms with E-state index < -0.39 is 0 Å². The van der Waals surface area contributed by atoms with E-state index in [9.17, 15) is 0 Å². The summed E-state index contributed by atoms with van der Waals surface area (Å²) in [5.74, 6) is 5.66. The van der Waals surface area contributed by atoms with Crippen molar-refractivity contribution in [2.24, 2.45) is 5.84 Å². The highest BCUT2D eigenvalue weighted by molar-refractivity contribution is 7.09. The first-order valence-electron chi connectivity index (χ1n) is 6.23. The Morgan fingerprint density at radius 1 is 1.17 bits per heavy atom. The fraction of sp³-hybridized carbons (Fsp3) is 0.333. The lowest BCUT2D eigenvalue weighted by Crippen LogP contribution is -2.38. The number of thiophene rings is 1. The summed E-state index contributed by atoms with van der Waals surface area (Å²) in [6, 6.07) is 11.2. The summed E-state index contributed by atoms with van der Waals surface area (Å²) >= 11 is 1.79. The molecular formula is C15H20N2S. The van der Waals surface area contributed by atoms with Gasteiger partial charge in [0.05, 0.1) is 0 Å². The number of hydrogen-bond donors (Lipinski definition) is 2. The number of hydrazine groups is 1. The molecule has 0 amide bonds. The lowest BCUT2D eigenvalue weighted by atomic mass is 9.99. The Bertz CT molecular complexity index is 491. The fourth-order valence-electron chi connectivity index (χ4n) is 2.08. The Balaban J connectivity index is 2.03. The molecular weight excluding hydrogens is 240 g/mol. The number of benzene rings is 1. The second kappa shape index (κ2) is 6.14. The third-order valence-electron chi connectivity index (χ3n) is 3.32. The van der Waals surface area contributed by atoms with Crippen LogP contribution in [0.1, 0.15) is 21.6 Å². The van der Waals surface area contributed by atoms with Crippen LogP contribution in [0.3, 0.4) is 0 Å². The van der Waals surface area contributed by atoms with Crippen LogP contribution in [-0.4, -0.2) is 6.04 Å². The molecule has 3 N–H and O–H groups in total. The van der Waals surface area contributed by atoms with Crippen LogP contribution in [0, 0.1) is 13.8 Å². The van der Waals surface area contributed by atoms with Crippen molar-refractivity contribution in [3.8, 4) is 0 Å². The Kier molecular flexibility index (Phi) is 4.53. The fourth-order valence-corrected chi connectivity index (χ4v) is 2.86. The van der Waals surface area contributed by atoms with Gasteiger partial charge in [0.25, 0.3) is 0 Å². The van der Waals surface area contributed by atoms with E-state index in [0.29, 0.717) is 6.04 Å². The first-order chi connectivity index (χ1) is 8.69. The number of hydrogen-bond acceptors (Lipinski definition) is 3. The molecule has 18 heavy (non-hydrogen) atoms. The molecule has 3 heteroatoms. The molecule has 2 nitrogen and oxygen atoms in total. The van der Waals surface area contributed by atoms with E-state index in [1.165, 1.54) is 21.6 Å². The molecule has 0 saturated carbocycles. The van der Waals surface area contributed by atoms with Crippen molar-refractivity contribution < 1.29 is 0 Å². The summed E-state index contributed by atoms with van der Waals surface area (Å²) < 4.78 is 0. The molecule has 2 aromatic rings. The average molecular weight is 260 g/mol. The van der Waals surface area contributed by atoms with Crippen molar-refractivity contribution in [1.29, 1.82) is 0 Å². The van der Waals surface area contributed by atoms with Gasteiger partial charge in [0.1, 0.15) is 0 Å². The maximum Gasteiger partial charge on any atom is 0.0299 e. The molecule has 0 aliphatic carbocycles. The summed E-state index contributed by atoms with van der Waals surface area (Å²) in [7, 11) is 0. The van der Waals surface area contributed by atoms with Crippen LogP contribution in [0.25, 0.3) is 0 Å². The second-order valence-electron chi connectivity index (χ2n) is 4.77. The predicted octanol–water partition coefficient (Wildman–Crippen LogP) is 2.98. The maximum absolute atomic E-state index is 5.66. The third-order valence-corrected chi connectivity index (χ3v) is 4.22. The molecule has 0 fully saturated rings. The van der Waals surface area contributed by atoms with Gasteiger partial charge in [0.2, 0.25) is 0 Å². The van der Waals surface area contributed by atoms with E-state index in [-0.39, 0.29) is 0 Å². The largest absolute Gasteiger partial charge is 0.271 e. The van der Waals surface area contributed by atoms with Gasteiger partial charge < -0.3 is 0 Å². The second-order valence-corrected chi connectivity index (χ2v) is 5.80. The first kappa shape index (κ1) is 13.3. The van der Waals surface area contributed by atoms with E-state index in [0.717, 1.165) is 12.8 Å². The molecule has 0 aliphatic heterocycles. The molecule has 2 rings (SSSR count). The smallest absolute Gasteiger partial charge is 0.0299 e. The summed E-state index contributed by atoms with van der Waals surface area (Å²) in [6.07, 6.45) is 1.95. The summed E-state index contributed by atoms with van der Waals surface area (Å²) in [5.41, 5.74) is 6.96. The molecule has 0 spiro atoms. The molecule has 1 unspecified atom stereocenters. The van der Waals surface area contributed by atoms with Crippen LogP contribution in [-0.2, 0) is 12.8 Å². The molecule has 0 radical (unpaired) electrons. The van der Waals surface area contributed by atoms with E-state index in [1.54, 1.807) is 11.3 Å². The summed E-state index contributed by atoms with van der Waals surface area (Å²) in [5, 5.41) is 2.11. The van der Waals surface area contributed by atoms with Gasteiger partial charge in [-0.2, -0.15) is 0 Å². The zero-order valence-corrected chi connectivity index (χ0v) is 11.8. The van der Waals surface area contributed by atoms with Gasteiger partial charge in [0, 0.05) is 10.9 Å². The minimum atomic E-state index is 0.297. The van der Waals surface area contributed by atoms with Crippen LogP contribution in [0.15, 0.2) is 35.7 Å². The van der Waals surface area contributed by atoms with Crippen LogP contribution in [0.2, 0.25) is 0 Å². The Labute approximate surface area is 113 Å². The molecule has 0 saturated heterocycles. The maximum atomic E-state index is 5.66. The number of aryl methyl sites for hydroxylation is 2. The van der Waals surface area contributed by atoms with Gasteiger partial charge in [-0.05, 0) is 54.8 Å². The molecule has 1 aromatic carbocycles. The highest BCUT2D eigenvalue weighted by Gasteiger charge is 2.10. The van der Waals surface area contributed by atoms with Crippen molar-refractivity contribution in [1.82, 2.24) is 5.43 Å². The van der Waals surface area contributed by atoms with Crippen molar-refractivity contribution in [2.45, 2.75) is 32.7 Å². The van der Waals surface area contributed by atoms with Crippen LogP contribution >= 0.6 is 11.3 Å². The van der Waals surface area contributed by atoms with Crippen LogP contribution in [0.4, 0.5) is 0 Å². The number of nitrogens with one attached hydrogen (secondary N) is 1. The standard InChI is InChI=1S/C15H20N2S/c1-11-5-6-13(8-12(11)2)9-14(17-16)10-15-4-3-7-18-15/h3-8,14,17H,9-10,16H2,1-2H3. The molecule has 0 aliphatic rings. The van der Waals surface area contributed by atoms with E-state index in [4.69, 9.17) is 5.84 Å². The molecule has 1 atom stereocenters. The number of rotatable bonds is 5. The van der Waals surface area contributed by atoms with Gasteiger partial charge in [-0.1, -0.05) is 24.3 Å². The van der Waals surface area contributed by atoms with Crippen molar-refractivity contribution >= 4 is 11.3 Å². The number of nitrogens with two attached hydrogens (primary N) is 1. The van der Waals surface area contributed by atoms with E-state index >= 15 is 0 Å². The normalized spacial score (nSPS) is 12.6. The third kappa shape index (κ3) is 3.42. The zero-order valence-electron chi connectivity index (χ0n) is 10.9. The van der Waals surface area contributed by atoms with Crippen LogP contribution in [0.5, 0.6) is 0 Å². The Hall–Kier alpha value is -1.16. The van der Waals surface area contributed by atoms with Crippen molar-refractivity contribution in [2.75, 3.05) is 0 Å². The minimum absolute atomic E-state index is 0.297. The highest BCUT2D eigenvalue weighted by Crippen LogP contribution is 2.15. The summed E-state index contributed by atoms with van der Waals surface area (Å²) in [4.78, 5) is 1.38. The first-order valence-corrected chi connectivity index (χ1v) is 7.11.